The average Bonchev–Trinajstić information content (AvgIpc) is 3.32. The molecule has 3 heterocycles. The number of fused-ring (bicyclic) bond motifs is 1. The quantitative estimate of drug-likeness (QED) is 0.156. The molecule has 0 aliphatic carbocycles. The minimum atomic E-state index is 0.823. The molecule has 272 valence electrons. The summed E-state index contributed by atoms with van der Waals surface area (Å²) in [6.45, 7) is 0. The van der Waals surface area contributed by atoms with Crippen LogP contribution in [0.1, 0.15) is 0 Å². The maximum Gasteiger partial charge on any atom is 0.0979 e. The highest BCUT2D eigenvalue weighted by atomic mass is 14.8. The van der Waals surface area contributed by atoms with Crippen molar-refractivity contribution >= 4 is 11.0 Å². The van der Waals surface area contributed by atoms with E-state index >= 15 is 0 Å². The topological polar surface area (TPSA) is 51.6 Å². The lowest BCUT2D eigenvalue weighted by molar-refractivity contribution is 1.29. The van der Waals surface area contributed by atoms with Crippen LogP contribution in [0.4, 0.5) is 0 Å². The molecule has 0 radical (unpaired) electrons. The molecule has 0 fully saturated rings. The molecule has 0 saturated heterocycles. The Morgan fingerprint density at radius 3 is 0.793 bits per heavy atom. The van der Waals surface area contributed by atoms with E-state index in [2.05, 4.69) is 168 Å². The molecule has 0 atom stereocenters. The van der Waals surface area contributed by atoms with Crippen LogP contribution in [-0.4, -0.2) is 19.9 Å². The van der Waals surface area contributed by atoms with E-state index < -0.39 is 0 Å². The molecule has 10 aromatic rings. The first-order chi connectivity index (χ1) is 28.7. The molecule has 0 saturated carbocycles. The Hall–Kier alpha value is -7.82. The van der Waals surface area contributed by atoms with Crippen molar-refractivity contribution in [3.8, 4) is 89.3 Å². The number of hydrogen-bond donors (Lipinski definition) is 0. The summed E-state index contributed by atoms with van der Waals surface area (Å²) in [7, 11) is 0. The van der Waals surface area contributed by atoms with Crippen LogP contribution in [0.3, 0.4) is 0 Å². The number of aromatic nitrogens is 4. The fraction of sp³-hybridized carbons (Fsp3) is 0. The molecule has 0 unspecified atom stereocenters. The van der Waals surface area contributed by atoms with Crippen LogP contribution in [0.5, 0.6) is 0 Å². The summed E-state index contributed by atoms with van der Waals surface area (Å²) in [5, 5.41) is 0. The number of rotatable bonds is 8. The molecule has 3 aromatic heterocycles. The van der Waals surface area contributed by atoms with Crippen LogP contribution in [-0.2, 0) is 0 Å². The van der Waals surface area contributed by atoms with Gasteiger partial charge in [-0.25, -0.2) is 9.97 Å². The molecule has 0 amide bonds. The lowest BCUT2D eigenvalue weighted by Gasteiger charge is -2.17. The van der Waals surface area contributed by atoms with Gasteiger partial charge in [0.25, 0.3) is 0 Å². The number of pyridine rings is 2. The zero-order valence-corrected chi connectivity index (χ0v) is 31.6. The van der Waals surface area contributed by atoms with Crippen LogP contribution in [0.15, 0.2) is 219 Å². The number of benzene rings is 7. The van der Waals surface area contributed by atoms with Gasteiger partial charge in [0.2, 0.25) is 0 Å². The van der Waals surface area contributed by atoms with Gasteiger partial charge in [-0.3, -0.25) is 9.97 Å². The lowest BCUT2D eigenvalue weighted by atomic mass is 9.93. The average molecular weight is 741 g/mol. The van der Waals surface area contributed by atoms with Gasteiger partial charge >= 0.3 is 0 Å². The fourth-order valence-corrected chi connectivity index (χ4v) is 7.68. The summed E-state index contributed by atoms with van der Waals surface area (Å²) >= 11 is 0. The Morgan fingerprint density at radius 2 is 0.466 bits per heavy atom. The van der Waals surface area contributed by atoms with Gasteiger partial charge in [0, 0.05) is 47.0 Å². The van der Waals surface area contributed by atoms with E-state index in [0.717, 1.165) is 78.1 Å². The minimum absolute atomic E-state index is 0.823. The monoisotopic (exact) mass is 740 g/mol. The van der Waals surface area contributed by atoms with Gasteiger partial charge in [0.05, 0.1) is 22.4 Å². The second-order valence-electron chi connectivity index (χ2n) is 14.3. The first kappa shape index (κ1) is 34.7. The van der Waals surface area contributed by atoms with E-state index in [4.69, 9.17) is 9.97 Å². The summed E-state index contributed by atoms with van der Waals surface area (Å²) in [4.78, 5) is 19.7. The smallest absolute Gasteiger partial charge is 0.0979 e. The highest BCUT2D eigenvalue weighted by Gasteiger charge is 2.20. The highest BCUT2D eigenvalue weighted by Crippen LogP contribution is 2.40. The second-order valence-corrected chi connectivity index (χ2v) is 14.3. The van der Waals surface area contributed by atoms with Gasteiger partial charge in [-0.05, 0) is 79.9 Å². The lowest BCUT2D eigenvalue weighted by Crippen LogP contribution is -1.99. The molecular weight excluding hydrogens is 705 g/mol. The Bertz CT molecular complexity index is 2760. The molecule has 7 aromatic carbocycles. The van der Waals surface area contributed by atoms with Crippen LogP contribution in [0.25, 0.3) is 100 Å². The standard InChI is InChI=1S/C54H36N4/c1-3-7-37(8-4-1)39-11-19-45(20-12-39)49-27-28-50(46-21-13-40(14-22-46)38-9-5-2-6-10-38)54-53(49)57-51(47-23-15-41(16-24-47)43-29-33-55-34-30-43)52(58-54)48-25-17-42(18-26-48)44-31-35-56-36-32-44/h1-36H. The zero-order chi connectivity index (χ0) is 38.7. The molecule has 0 aliphatic heterocycles. The van der Waals surface area contributed by atoms with Crippen molar-refractivity contribution in [1.82, 2.24) is 19.9 Å². The van der Waals surface area contributed by atoms with Gasteiger partial charge < -0.3 is 0 Å². The highest BCUT2D eigenvalue weighted by molar-refractivity contribution is 6.03. The van der Waals surface area contributed by atoms with E-state index in [0.29, 0.717) is 0 Å². The first-order valence-corrected chi connectivity index (χ1v) is 19.4. The van der Waals surface area contributed by atoms with Crippen molar-refractivity contribution in [2.24, 2.45) is 0 Å². The summed E-state index contributed by atoms with van der Waals surface area (Å²) in [6.07, 6.45) is 7.30. The molecule has 0 aliphatic rings. The summed E-state index contributed by atoms with van der Waals surface area (Å²) in [5.41, 5.74) is 18.7. The van der Waals surface area contributed by atoms with Crippen molar-refractivity contribution < 1.29 is 0 Å². The predicted octanol–water partition coefficient (Wildman–Crippen LogP) is 13.8. The fourth-order valence-electron chi connectivity index (χ4n) is 7.68. The molecule has 4 heteroatoms. The molecule has 0 bridgehead atoms. The predicted molar refractivity (Wildman–Crippen MR) is 239 cm³/mol. The van der Waals surface area contributed by atoms with E-state index in [-0.39, 0.29) is 0 Å². The van der Waals surface area contributed by atoms with E-state index in [1.54, 1.807) is 0 Å². The summed E-state index contributed by atoms with van der Waals surface area (Å²) < 4.78 is 0. The third-order valence-electron chi connectivity index (χ3n) is 10.8. The first-order valence-electron chi connectivity index (χ1n) is 19.4. The Kier molecular flexibility index (Phi) is 9.18. The van der Waals surface area contributed by atoms with Crippen LogP contribution < -0.4 is 0 Å². The third kappa shape index (κ3) is 6.84. The van der Waals surface area contributed by atoms with Gasteiger partial charge in [0.1, 0.15) is 0 Å². The SMILES string of the molecule is c1ccc(-c2ccc(-c3ccc(-c4ccc(-c5ccccc5)cc4)c4nc(-c5ccc(-c6ccncc6)cc5)c(-c5ccc(-c6ccncc6)cc5)nc34)cc2)cc1. The Morgan fingerprint density at radius 1 is 0.207 bits per heavy atom. The van der Waals surface area contributed by atoms with E-state index in [1.807, 2.05) is 61.2 Å². The van der Waals surface area contributed by atoms with Gasteiger partial charge in [-0.2, -0.15) is 0 Å². The molecule has 4 nitrogen and oxygen atoms in total. The zero-order valence-electron chi connectivity index (χ0n) is 31.6. The van der Waals surface area contributed by atoms with Crippen molar-refractivity contribution in [3.63, 3.8) is 0 Å². The second kappa shape index (κ2) is 15.4. The van der Waals surface area contributed by atoms with Gasteiger partial charge in [-0.1, -0.05) is 170 Å². The summed E-state index contributed by atoms with van der Waals surface area (Å²) in [5.74, 6) is 0. The largest absolute Gasteiger partial charge is 0.265 e. The van der Waals surface area contributed by atoms with Crippen LogP contribution in [0, 0.1) is 0 Å². The maximum atomic E-state index is 5.63. The maximum absolute atomic E-state index is 5.63. The van der Waals surface area contributed by atoms with Crippen LogP contribution >= 0.6 is 0 Å². The molecule has 0 N–H and O–H groups in total. The van der Waals surface area contributed by atoms with E-state index in [1.165, 1.54) is 22.3 Å². The molecule has 58 heavy (non-hydrogen) atoms. The van der Waals surface area contributed by atoms with Crippen molar-refractivity contribution in [2.75, 3.05) is 0 Å². The third-order valence-corrected chi connectivity index (χ3v) is 10.8. The molecule has 10 rings (SSSR count). The van der Waals surface area contributed by atoms with E-state index in [9.17, 15) is 0 Å². The minimum Gasteiger partial charge on any atom is -0.265 e. The van der Waals surface area contributed by atoms with Gasteiger partial charge in [0.15, 0.2) is 0 Å². The van der Waals surface area contributed by atoms with Crippen molar-refractivity contribution in [3.05, 3.63) is 219 Å². The van der Waals surface area contributed by atoms with Crippen molar-refractivity contribution in [1.29, 1.82) is 0 Å². The number of nitrogens with zero attached hydrogens (tertiary/aromatic N) is 4. The Balaban J connectivity index is 1.18. The normalized spacial score (nSPS) is 11.1. The summed E-state index contributed by atoms with van der Waals surface area (Å²) in [6, 6.07) is 68.3. The molecular formula is C54H36N4. The van der Waals surface area contributed by atoms with Gasteiger partial charge in [-0.15, -0.1) is 0 Å². The number of hydrogen-bond acceptors (Lipinski definition) is 4. The van der Waals surface area contributed by atoms with Crippen LogP contribution in [0.2, 0.25) is 0 Å². The Labute approximate surface area is 337 Å². The van der Waals surface area contributed by atoms with Crippen molar-refractivity contribution in [2.45, 2.75) is 0 Å². The molecule has 0 spiro atoms.